The van der Waals surface area contributed by atoms with Crippen LogP contribution in [0.25, 0.3) is 16.8 Å². The van der Waals surface area contributed by atoms with Gasteiger partial charge in [0.25, 0.3) is 5.91 Å². The van der Waals surface area contributed by atoms with Gasteiger partial charge in [-0.25, -0.2) is 4.52 Å². The average molecular weight is 435 g/mol. The second-order valence-corrected chi connectivity index (χ2v) is 8.45. The lowest BCUT2D eigenvalue weighted by molar-refractivity contribution is 0.0946. The molecular formula is C23H23ClN6O. The lowest BCUT2D eigenvalue weighted by atomic mass is 10.1. The number of carbonyl (C=O) groups is 1. The Hall–Kier alpha value is -3.42. The lowest BCUT2D eigenvalue weighted by Gasteiger charge is -2.18. The lowest BCUT2D eigenvalue weighted by Crippen LogP contribution is -2.45. The van der Waals surface area contributed by atoms with Crippen molar-refractivity contribution in [2.24, 2.45) is 5.73 Å². The van der Waals surface area contributed by atoms with Crippen molar-refractivity contribution in [2.45, 2.75) is 19.4 Å². The van der Waals surface area contributed by atoms with E-state index in [1.54, 1.807) is 16.6 Å². The van der Waals surface area contributed by atoms with Gasteiger partial charge in [0.2, 0.25) is 5.95 Å². The molecule has 0 radical (unpaired) electrons. The number of benzene rings is 2. The third-order valence-electron chi connectivity index (χ3n) is 4.61. The third-order valence-corrected chi connectivity index (χ3v) is 4.84. The fourth-order valence-electron chi connectivity index (χ4n) is 3.08. The Bertz CT molecular complexity index is 1230. The van der Waals surface area contributed by atoms with Crippen molar-refractivity contribution in [2.75, 3.05) is 11.9 Å². The van der Waals surface area contributed by atoms with Gasteiger partial charge in [0.15, 0.2) is 5.65 Å². The Balaban J connectivity index is 1.53. The van der Waals surface area contributed by atoms with E-state index in [4.69, 9.17) is 17.3 Å². The first-order valence-electron chi connectivity index (χ1n) is 9.84. The Labute approximate surface area is 185 Å². The van der Waals surface area contributed by atoms with Gasteiger partial charge in [-0.05, 0) is 67.9 Å². The van der Waals surface area contributed by atoms with E-state index in [2.05, 4.69) is 20.7 Å². The van der Waals surface area contributed by atoms with Crippen LogP contribution in [-0.2, 0) is 0 Å². The highest BCUT2D eigenvalue weighted by molar-refractivity contribution is 6.30. The summed E-state index contributed by atoms with van der Waals surface area (Å²) in [5.41, 5.74) is 9.39. The van der Waals surface area contributed by atoms with E-state index < -0.39 is 5.54 Å². The first kappa shape index (κ1) is 20.8. The van der Waals surface area contributed by atoms with Crippen LogP contribution >= 0.6 is 11.6 Å². The van der Waals surface area contributed by atoms with Crippen molar-refractivity contribution >= 4 is 34.8 Å². The molecule has 0 fully saturated rings. The molecule has 2 heterocycles. The van der Waals surface area contributed by atoms with E-state index in [1.807, 2.05) is 68.6 Å². The van der Waals surface area contributed by atoms with E-state index in [1.165, 1.54) is 0 Å². The van der Waals surface area contributed by atoms with Gasteiger partial charge >= 0.3 is 0 Å². The number of aromatic nitrogens is 3. The second-order valence-electron chi connectivity index (χ2n) is 8.01. The fourth-order valence-corrected chi connectivity index (χ4v) is 3.27. The van der Waals surface area contributed by atoms with Gasteiger partial charge in [0.05, 0.1) is 0 Å². The first-order chi connectivity index (χ1) is 14.8. The third kappa shape index (κ3) is 5.02. The number of hydrogen-bond donors (Lipinski definition) is 3. The fraction of sp³-hybridized carbons (Fsp3) is 0.174. The summed E-state index contributed by atoms with van der Waals surface area (Å²) in [7, 11) is 0. The van der Waals surface area contributed by atoms with E-state index in [0.29, 0.717) is 28.7 Å². The minimum absolute atomic E-state index is 0.165. The minimum atomic E-state index is -0.462. The smallest absolute Gasteiger partial charge is 0.251 e. The normalized spacial score (nSPS) is 11.5. The summed E-state index contributed by atoms with van der Waals surface area (Å²) >= 11 is 6.15. The number of pyridine rings is 1. The standard InChI is InChI=1S/C23H23ClN6O/c1-23(2,25)14-26-21(31)15-8-10-18(11-9-15)27-22-28-20-19(7-4-12-30(20)29-22)16-5-3-6-17(24)13-16/h3-13H,14,25H2,1-2H3,(H,26,31)(H,27,29). The van der Waals surface area contributed by atoms with Crippen LogP contribution in [0, 0.1) is 0 Å². The number of nitrogens with one attached hydrogen (secondary N) is 2. The molecule has 0 aliphatic carbocycles. The number of fused-ring (bicyclic) bond motifs is 1. The zero-order chi connectivity index (χ0) is 22.0. The highest BCUT2D eigenvalue weighted by Gasteiger charge is 2.14. The number of nitrogens with zero attached hydrogens (tertiary/aromatic N) is 3. The largest absolute Gasteiger partial charge is 0.350 e. The van der Waals surface area contributed by atoms with Crippen molar-refractivity contribution in [3.8, 4) is 11.1 Å². The summed E-state index contributed by atoms with van der Waals surface area (Å²) in [4.78, 5) is 16.9. The average Bonchev–Trinajstić information content (AvgIpc) is 3.14. The van der Waals surface area contributed by atoms with Crippen molar-refractivity contribution in [3.05, 3.63) is 77.4 Å². The van der Waals surface area contributed by atoms with Gasteiger partial charge in [-0.2, -0.15) is 4.98 Å². The van der Waals surface area contributed by atoms with Gasteiger partial charge < -0.3 is 16.4 Å². The molecule has 7 nitrogen and oxygen atoms in total. The predicted octanol–water partition coefficient (Wildman–Crippen LogP) is 4.26. The summed E-state index contributed by atoms with van der Waals surface area (Å²) in [6.07, 6.45) is 1.84. The van der Waals surface area contributed by atoms with E-state index >= 15 is 0 Å². The number of halogens is 1. The maximum absolute atomic E-state index is 12.3. The Kier molecular flexibility index (Phi) is 5.63. The molecule has 0 aliphatic heterocycles. The number of nitrogens with two attached hydrogens (primary N) is 1. The number of amides is 1. The molecule has 0 aliphatic rings. The quantitative estimate of drug-likeness (QED) is 0.421. The van der Waals surface area contributed by atoms with Crippen molar-refractivity contribution in [1.29, 1.82) is 0 Å². The number of anilines is 2. The van der Waals surface area contributed by atoms with Crippen LogP contribution in [0.3, 0.4) is 0 Å². The van der Waals surface area contributed by atoms with Crippen molar-refractivity contribution in [1.82, 2.24) is 19.9 Å². The molecule has 4 rings (SSSR count). The van der Waals surface area contributed by atoms with Crippen LogP contribution < -0.4 is 16.4 Å². The van der Waals surface area contributed by atoms with Gasteiger partial charge in [-0.3, -0.25) is 4.79 Å². The van der Waals surface area contributed by atoms with E-state index in [-0.39, 0.29) is 5.91 Å². The van der Waals surface area contributed by atoms with E-state index in [0.717, 1.165) is 16.8 Å². The monoisotopic (exact) mass is 434 g/mol. The Morgan fingerprint density at radius 1 is 1.13 bits per heavy atom. The summed E-state index contributed by atoms with van der Waals surface area (Å²) in [5.74, 6) is 0.290. The molecule has 4 N–H and O–H groups in total. The van der Waals surface area contributed by atoms with Crippen LogP contribution in [0.5, 0.6) is 0 Å². The maximum atomic E-state index is 12.3. The molecule has 8 heteroatoms. The first-order valence-corrected chi connectivity index (χ1v) is 10.2. The molecule has 158 valence electrons. The molecule has 1 amide bonds. The summed E-state index contributed by atoms with van der Waals surface area (Å²) < 4.78 is 1.72. The Morgan fingerprint density at radius 2 is 1.90 bits per heavy atom. The highest BCUT2D eigenvalue weighted by atomic mass is 35.5. The van der Waals surface area contributed by atoms with Crippen molar-refractivity contribution in [3.63, 3.8) is 0 Å². The van der Waals surface area contributed by atoms with Crippen LogP contribution in [0.2, 0.25) is 5.02 Å². The van der Waals surface area contributed by atoms with Crippen LogP contribution in [-0.4, -0.2) is 32.6 Å². The molecule has 0 saturated heterocycles. The zero-order valence-electron chi connectivity index (χ0n) is 17.3. The van der Waals surface area contributed by atoms with Gasteiger partial charge in [-0.1, -0.05) is 23.7 Å². The summed E-state index contributed by atoms with van der Waals surface area (Å²) in [6, 6.07) is 18.6. The van der Waals surface area contributed by atoms with Crippen LogP contribution in [0.4, 0.5) is 11.6 Å². The maximum Gasteiger partial charge on any atom is 0.251 e. The molecule has 0 saturated carbocycles. The van der Waals surface area contributed by atoms with Gasteiger partial charge in [0.1, 0.15) is 0 Å². The van der Waals surface area contributed by atoms with Crippen LogP contribution in [0.1, 0.15) is 24.2 Å². The number of rotatable bonds is 6. The predicted molar refractivity (Wildman–Crippen MR) is 124 cm³/mol. The number of hydrogen-bond acceptors (Lipinski definition) is 5. The molecule has 0 atom stereocenters. The zero-order valence-corrected chi connectivity index (χ0v) is 18.0. The second kappa shape index (κ2) is 8.37. The van der Waals surface area contributed by atoms with Crippen molar-refractivity contribution < 1.29 is 4.79 Å². The molecule has 2 aromatic heterocycles. The topological polar surface area (TPSA) is 97.3 Å². The molecular weight excluding hydrogens is 412 g/mol. The molecule has 4 aromatic rings. The Morgan fingerprint density at radius 3 is 2.61 bits per heavy atom. The SMILES string of the molecule is CC(C)(N)CNC(=O)c1ccc(Nc2nc3c(-c4cccc(Cl)c4)cccn3n2)cc1. The van der Waals surface area contributed by atoms with Crippen LogP contribution in [0.15, 0.2) is 66.9 Å². The molecule has 2 aromatic carbocycles. The van der Waals surface area contributed by atoms with E-state index in [9.17, 15) is 4.79 Å². The molecule has 31 heavy (non-hydrogen) atoms. The highest BCUT2D eigenvalue weighted by Crippen LogP contribution is 2.27. The number of carbonyl (C=O) groups excluding carboxylic acids is 1. The van der Waals surface area contributed by atoms with Gasteiger partial charge in [0, 0.05) is 40.1 Å². The molecule has 0 bridgehead atoms. The molecule has 0 spiro atoms. The summed E-state index contributed by atoms with van der Waals surface area (Å²) in [5, 5.41) is 11.2. The minimum Gasteiger partial charge on any atom is -0.350 e. The summed E-state index contributed by atoms with van der Waals surface area (Å²) in [6.45, 7) is 4.12. The van der Waals surface area contributed by atoms with Gasteiger partial charge in [-0.15, -0.1) is 5.10 Å². The molecule has 0 unspecified atom stereocenters.